The number of carbonyl (C=O) groups excluding carboxylic acids is 1. The first-order valence-corrected chi connectivity index (χ1v) is 3.77. The lowest BCUT2D eigenvalue weighted by Crippen LogP contribution is -2.06. The standard InChI is InChI=1S/C9H6FNO2/c10-7-3-1-2-5-6(7)4-8(11-13)9(5)12/h1-3,13H,4H2/b11-8+. The molecule has 66 valence electrons. The van der Waals surface area contributed by atoms with E-state index in [-0.39, 0.29) is 12.1 Å². The molecule has 1 N–H and O–H groups in total. The number of ketones is 1. The SMILES string of the molecule is O=C1/C(=N/O)Cc2c(F)cccc21. The number of nitrogens with zero attached hydrogens (tertiary/aromatic N) is 1. The van der Waals surface area contributed by atoms with Gasteiger partial charge in [-0.25, -0.2) is 4.39 Å². The minimum atomic E-state index is -0.426. The van der Waals surface area contributed by atoms with Crippen LogP contribution >= 0.6 is 0 Å². The van der Waals surface area contributed by atoms with Crippen LogP contribution in [-0.4, -0.2) is 16.7 Å². The highest BCUT2D eigenvalue weighted by atomic mass is 19.1. The van der Waals surface area contributed by atoms with Crippen molar-refractivity contribution < 1.29 is 14.4 Å². The number of rotatable bonds is 0. The summed E-state index contributed by atoms with van der Waals surface area (Å²) in [5.41, 5.74) is 0.619. The van der Waals surface area contributed by atoms with Gasteiger partial charge in [0.15, 0.2) is 0 Å². The zero-order valence-corrected chi connectivity index (χ0v) is 6.62. The number of hydrogen-bond acceptors (Lipinski definition) is 3. The fourth-order valence-corrected chi connectivity index (χ4v) is 1.43. The largest absolute Gasteiger partial charge is 0.411 e. The number of benzene rings is 1. The van der Waals surface area contributed by atoms with Gasteiger partial charge in [-0.2, -0.15) is 0 Å². The van der Waals surface area contributed by atoms with E-state index >= 15 is 0 Å². The summed E-state index contributed by atoms with van der Waals surface area (Å²) in [6, 6.07) is 4.28. The highest BCUT2D eigenvalue weighted by Crippen LogP contribution is 2.22. The first-order chi connectivity index (χ1) is 6.24. The Bertz CT molecular complexity index is 412. The lowest BCUT2D eigenvalue weighted by Gasteiger charge is -1.95. The molecule has 4 heteroatoms. The minimum absolute atomic E-state index is 0.0000926. The molecule has 0 bridgehead atoms. The molecular formula is C9H6FNO2. The Morgan fingerprint density at radius 2 is 2.23 bits per heavy atom. The van der Waals surface area contributed by atoms with Gasteiger partial charge in [0.05, 0.1) is 0 Å². The molecule has 0 spiro atoms. The summed E-state index contributed by atoms with van der Waals surface area (Å²) < 4.78 is 13.1. The Hall–Kier alpha value is -1.71. The Morgan fingerprint density at radius 3 is 2.85 bits per heavy atom. The average Bonchev–Trinajstić information content (AvgIpc) is 2.45. The molecule has 0 aliphatic heterocycles. The van der Waals surface area contributed by atoms with Crippen LogP contribution in [-0.2, 0) is 6.42 Å². The van der Waals surface area contributed by atoms with E-state index in [1.165, 1.54) is 18.2 Å². The third-order valence-electron chi connectivity index (χ3n) is 2.09. The summed E-state index contributed by atoms with van der Waals surface area (Å²) in [6.45, 7) is 0. The number of oxime groups is 1. The lowest BCUT2D eigenvalue weighted by molar-refractivity contribution is 0.106. The molecule has 3 nitrogen and oxygen atoms in total. The quantitative estimate of drug-likeness (QED) is 0.483. The highest BCUT2D eigenvalue weighted by molar-refractivity contribution is 6.49. The van der Waals surface area contributed by atoms with Gasteiger partial charge in [-0.15, -0.1) is 0 Å². The Labute approximate surface area is 73.5 Å². The van der Waals surface area contributed by atoms with E-state index in [9.17, 15) is 9.18 Å². The summed E-state index contributed by atoms with van der Waals surface area (Å²) in [7, 11) is 0. The summed E-state index contributed by atoms with van der Waals surface area (Å²) >= 11 is 0. The smallest absolute Gasteiger partial charge is 0.211 e. The van der Waals surface area contributed by atoms with E-state index in [0.717, 1.165) is 0 Å². The fourth-order valence-electron chi connectivity index (χ4n) is 1.43. The zero-order chi connectivity index (χ0) is 9.42. The van der Waals surface area contributed by atoms with E-state index in [2.05, 4.69) is 5.16 Å². The average molecular weight is 179 g/mol. The monoisotopic (exact) mass is 179 g/mol. The third-order valence-corrected chi connectivity index (χ3v) is 2.09. The molecule has 1 aliphatic carbocycles. The van der Waals surface area contributed by atoms with Crippen molar-refractivity contribution in [1.82, 2.24) is 0 Å². The molecule has 0 saturated heterocycles. The van der Waals surface area contributed by atoms with E-state index in [0.29, 0.717) is 11.1 Å². The maximum Gasteiger partial charge on any atom is 0.211 e. The summed E-state index contributed by atoms with van der Waals surface area (Å²) in [5.74, 6) is -0.818. The topological polar surface area (TPSA) is 49.7 Å². The van der Waals surface area contributed by atoms with E-state index in [1.54, 1.807) is 0 Å². The molecule has 0 atom stereocenters. The van der Waals surface area contributed by atoms with Crippen LogP contribution in [0, 0.1) is 5.82 Å². The lowest BCUT2D eigenvalue weighted by atomic mass is 10.1. The van der Waals surface area contributed by atoms with Crippen molar-refractivity contribution in [1.29, 1.82) is 0 Å². The molecule has 0 amide bonds. The van der Waals surface area contributed by atoms with Crippen LogP contribution in [0.15, 0.2) is 23.4 Å². The van der Waals surface area contributed by atoms with Crippen LogP contribution in [0.1, 0.15) is 15.9 Å². The van der Waals surface area contributed by atoms with Gasteiger partial charge in [0, 0.05) is 17.5 Å². The molecular weight excluding hydrogens is 173 g/mol. The Morgan fingerprint density at radius 1 is 1.46 bits per heavy atom. The maximum atomic E-state index is 13.1. The molecule has 1 aliphatic rings. The third kappa shape index (κ3) is 1.02. The molecule has 0 fully saturated rings. The minimum Gasteiger partial charge on any atom is -0.411 e. The van der Waals surface area contributed by atoms with E-state index in [4.69, 9.17) is 5.21 Å². The van der Waals surface area contributed by atoms with Crippen LogP contribution in [0.4, 0.5) is 4.39 Å². The predicted molar refractivity (Wildman–Crippen MR) is 43.7 cm³/mol. The van der Waals surface area contributed by atoms with Crippen molar-refractivity contribution in [2.24, 2.45) is 5.16 Å². The van der Waals surface area contributed by atoms with Crippen LogP contribution in [0.3, 0.4) is 0 Å². The van der Waals surface area contributed by atoms with Gasteiger partial charge < -0.3 is 5.21 Å². The van der Waals surface area contributed by atoms with Gasteiger partial charge >= 0.3 is 0 Å². The van der Waals surface area contributed by atoms with Crippen molar-refractivity contribution in [3.63, 3.8) is 0 Å². The number of Topliss-reactive ketones (excluding diaryl/α,β-unsaturated/α-hetero) is 1. The van der Waals surface area contributed by atoms with Gasteiger partial charge in [0.2, 0.25) is 5.78 Å². The Balaban J connectivity index is 2.62. The molecule has 2 rings (SSSR count). The molecule has 0 heterocycles. The summed E-state index contributed by atoms with van der Waals surface area (Å²) in [4.78, 5) is 11.3. The molecule has 1 aromatic rings. The molecule has 0 unspecified atom stereocenters. The predicted octanol–water partition coefficient (Wildman–Crippen LogP) is 1.39. The van der Waals surface area contributed by atoms with Crippen LogP contribution in [0.5, 0.6) is 0 Å². The van der Waals surface area contributed by atoms with Gasteiger partial charge in [0.25, 0.3) is 0 Å². The van der Waals surface area contributed by atoms with Crippen molar-refractivity contribution in [2.75, 3.05) is 0 Å². The second-order valence-electron chi connectivity index (χ2n) is 2.82. The van der Waals surface area contributed by atoms with E-state index in [1.807, 2.05) is 0 Å². The van der Waals surface area contributed by atoms with E-state index < -0.39 is 11.6 Å². The molecule has 0 aromatic heterocycles. The summed E-state index contributed by atoms with van der Waals surface area (Å²) in [5, 5.41) is 11.3. The number of halogens is 1. The number of fused-ring (bicyclic) bond motifs is 1. The second kappa shape index (κ2) is 2.65. The van der Waals surface area contributed by atoms with Crippen LogP contribution in [0.25, 0.3) is 0 Å². The van der Waals surface area contributed by atoms with Crippen molar-refractivity contribution >= 4 is 11.5 Å². The van der Waals surface area contributed by atoms with Crippen molar-refractivity contribution in [3.05, 3.63) is 35.1 Å². The van der Waals surface area contributed by atoms with Crippen LogP contribution < -0.4 is 0 Å². The molecule has 13 heavy (non-hydrogen) atoms. The van der Waals surface area contributed by atoms with Crippen LogP contribution in [0.2, 0.25) is 0 Å². The summed E-state index contributed by atoms with van der Waals surface area (Å²) in [6.07, 6.45) is 0.0807. The number of carbonyl (C=O) groups is 1. The first-order valence-electron chi connectivity index (χ1n) is 3.77. The first kappa shape index (κ1) is 7.91. The molecule has 0 radical (unpaired) electrons. The zero-order valence-electron chi connectivity index (χ0n) is 6.62. The maximum absolute atomic E-state index is 13.1. The normalized spacial score (nSPS) is 17.9. The second-order valence-corrected chi connectivity index (χ2v) is 2.82. The molecule has 1 aromatic carbocycles. The van der Waals surface area contributed by atoms with Gasteiger partial charge in [-0.1, -0.05) is 17.3 Å². The van der Waals surface area contributed by atoms with Gasteiger partial charge in [-0.05, 0) is 6.07 Å². The van der Waals surface area contributed by atoms with Gasteiger partial charge in [-0.3, -0.25) is 4.79 Å². The highest BCUT2D eigenvalue weighted by Gasteiger charge is 2.28. The van der Waals surface area contributed by atoms with Crippen molar-refractivity contribution in [2.45, 2.75) is 6.42 Å². The van der Waals surface area contributed by atoms with Gasteiger partial charge in [0.1, 0.15) is 11.5 Å². The number of hydrogen-bond donors (Lipinski definition) is 1. The van der Waals surface area contributed by atoms with Crippen molar-refractivity contribution in [3.8, 4) is 0 Å². The fraction of sp³-hybridized carbons (Fsp3) is 0.111. The molecule has 0 saturated carbocycles. The Kier molecular flexibility index (Phi) is 1.62.